The summed E-state index contributed by atoms with van der Waals surface area (Å²) in [7, 11) is 0. The smallest absolute Gasteiger partial charge is 0.104 e. The Balaban J connectivity index is 2.24. The Morgan fingerprint density at radius 2 is 2.18 bits per heavy atom. The van der Waals surface area contributed by atoms with Crippen LogP contribution < -0.4 is 5.73 Å². The molecule has 2 rings (SSSR count). The molecular weight excluding hydrogens is 296 g/mol. The molecule has 0 aliphatic rings. The van der Waals surface area contributed by atoms with Crippen LogP contribution in [0.25, 0.3) is 0 Å². The zero-order chi connectivity index (χ0) is 12.3. The first-order valence-corrected chi connectivity index (χ1v) is 6.89. The van der Waals surface area contributed by atoms with Gasteiger partial charge >= 0.3 is 0 Å². The highest BCUT2D eigenvalue weighted by atomic mass is 79.9. The second-order valence-electron chi connectivity index (χ2n) is 3.73. The first-order valence-electron chi connectivity index (χ1n) is 5.28. The number of rotatable bonds is 3. The van der Waals surface area contributed by atoms with Crippen LogP contribution in [0.15, 0.2) is 50.9 Å². The number of nitrogens with zero attached hydrogens (tertiary/aromatic N) is 1. The molecule has 2 N–H and O–H groups in total. The van der Waals surface area contributed by atoms with Gasteiger partial charge in [0.2, 0.25) is 0 Å². The summed E-state index contributed by atoms with van der Waals surface area (Å²) < 4.78 is 1.08. The molecule has 1 aromatic carbocycles. The van der Waals surface area contributed by atoms with Crippen LogP contribution in [0.5, 0.6) is 0 Å². The fourth-order valence-electron chi connectivity index (χ4n) is 1.48. The first-order chi connectivity index (χ1) is 8.19. The molecular formula is C13H13BrN2S. The normalized spacial score (nSPS) is 10.5. The van der Waals surface area contributed by atoms with Gasteiger partial charge in [0.15, 0.2) is 0 Å². The minimum atomic E-state index is 0.537. The first kappa shape index (κ1) is 12.6. The number of pyridine rings is 1. The molecule has 1 aromatic heterocycles. The van der Waals surface area contributed by atoms with Crippen molar-refractivity contribution in [3.63, 3.8) is 0 Å². The second kappa shape index (κ2) is 5.67. The van der Waals surface area contributed by atoms with E-state index in [9.17, 15) is 0 Å². The fourth-order valence-corrected chi connectivity index (χ4v) is 2.91. The number of nitrogens with two attached hydrogens (primary N) is 1. The van der Waals surface area contributed by atoms with E-state index in [0.29, 0.717) is 6.54 Å². The molecule has 0 radical (unpaired) electrons. The third-order valence-corrected chi connectivity index (χ3v) is 3.94. The lowest BCUT2D eigenvalue weighted by Crippen LogP contribution is -1.98. The van der Waals surface area contributed by atoms with Gasteiger partial charge in [-0.05, 0) is 36.2 Å². The van der Waals surface area contributed by atoms with Gasteiger partial charge in [-0.2, -0.15) is 0 Å². The van der Waals surface area contributed by atoms with Crippen LogP contribution >= 0.6 is 27.7 Å². The molecule has 0 fully saturated rings. The lowest BCUT2D eigenvalue weighted by atomic mass is 10.2. The lowest BCUT2D eigenvalue weighted by Gasteiger charge is -2.06. The zero-order valence-corrected chi connectivity index (χ0v) is 11.9. The minimum Gasteiger partial charge on any atom is -0.326 e. The molecule has 0 saturated carbocycles. The van der Waals surface area contributed by atoms with E-state index in [1.54, 1.807) is 11.8 Å². The molecule has 0 aliphatic carbocycles. The van der Waals surface area contributed by atoms with Crippen LogP contribution in [0.1, 0.15) is 11.1 Å². The summed E-state index contributed by atoms with van der Waals surface area (Å²) in [4.78, 5) is 5.62. The van der Waals surface area contributed by atoms with E-state index >= 15 is 0 Å². The highest BCUT2D eigenvalue weighted by Crippen LogP contribution is 2.30. The zero-order valence-electron chi connectivity index (χ0n) is 9.48. The van der Waals surface area contributed by atoms with Crippen molar-refractivity contribution in [3.05, 3.63) is 52.1 Å². The second-order valence-corrected chi connectivity index (χ2v) is 5.71. The van der Waals surface area contributed by atoms with E-state index in [2.05, 4.69) is 46.0 Å². The SMILES string of the molecule is Cc1cc(CN)cnc1Sc1cccc(Br)c1. The minimum absolute atomic E-state index is 0.537. The van der Waals surface area contributed by atoms with Gasteiger partial charge in [-0.15, -0.1) is 0 Å². The Kier molecular flexibility index (Phi) is 4.20. The average molecular weight is 309 g/mol. The van der Waals surface area contributed by atoms with Gasteiger partial charge in [0.1, 0.15) is 5.03 Å². The molecule has 0 spiro atoms. The molecule has 0 atom stereocenters. The summed E-state index contributed by atoms with van der Waals surface area (Å²) in [5.74, 6) is 0. The molecule has 0 unspecified atom stereocenters. The van der Waals surface area contributed by atoms with E-state index in [0.717, 1.165) is 20.6 Å². The van der Waals surface area contributed by atoms with Crippen molar-refractivity contribution in [2.45, 2.75) is 23.4 Å². The van der Waals surface area contributed by atoms with Gasteiger partial charge in [-0.1, -0.05) is 39.8 Å². The predicted molar refractivity (Wildman–Crippen MR) is 75.1 cm³/mol. The Bertz CT molecular complexity index is 529. The Morgan fingerprint density at radius 1 is 1.35 bits per heavy atom. The third kappa shape index (κ3) is 3.31. The maximum atomic E-state index is 5.59. The van der Waals surface area contributed by atoms with Crippen LogP contribution in [0, 0.1) is 6.92 Å². The molecule has 0 aliphatic heterocycles. The molecule has 88 valence electrons. The van der Waals surface area contributed by atoms with Crippen molar-refractivity contribution in [2.75, 3.05) is 0 Å². The van der Waals surface area contributed by atoms with Crippen molar-refractivity contribution in [2.24, 2.45) is 5.73 Å². The summed E-state index contributed by atoms with van der Waals surface area (Å²) in [6, 6.07) is 10.3. The Hall–Kier alpha value is -0.840. The van der Waals surface area contributed by atoms with Crippen LogP contribution in [-0.2, 0) is 6.54 Å². The average Bonchev–Trinajstić information content (AvgIpc) is 2.32. The standard InChI is InChI=1S/C13H13BrN2S/c1-9-5-10(7-15)8-16-13(9)17-12-4-2-3-11(14)6-12/h2-6,8H,7,15H2,1H3. The van der Waals surface area contributed by atoms with Crippen LogP contribution in [0.4, 0.5) is 0 Å². The summed E-state index contributed by atoms with van der Waals surface area (Å²) in [6.07, 6.45) is 1.84. The van der Waals surface area contributed by atoms with Crippen molar-refractivity contribution in [1.82, 2.24) is 4.98 Å². The van der Waals surface area contributed by atoms with Crippen molar-refractivity contribution in [1.29, 1.82) is 0 Å². The third-order valence-electron chi connectivity index (χ3n) is 2.33. The summed E-state index contributed by atoms with van der Waals surface area (Å²) >= 11 is 5.13. The predicted octanol–water partition coefficient (Wildman–Crippen LogP) is 3.76. The molecule has 0 saturated heterocycles. The van der Waals surface area contributed by atoms with E-state index < -0.39 is 0 Å². The van der Waals surface area contributed by atoms with Crippen LogP contribution in [0.2, 0.25) is 0 Å². The Morgan fingerprint density at radius 3 is 2.82 bits per heavy atom. The van der Waals surface area contributed by atoms with E-state index in [1.807, 2.05) is 18.3 Å². The quantitative estimate of drug-likeness (QED) is 0.938. The van der Waals surface area contributed by atoms with Crippen LogP contribution in [-0.4, -0.2) is 4.98 Å². The molecule has 17 heavy (non-hydrogen) atoms. The van der Waals surface area contributed by atoms with Crippen molar-refractivity contribution >= 4 is 27.7 Å². The maximum Gasteiger partial charge on any atom is 0.104 e. The van der Waals surface area contributed by atoms with Crippen molar-refractivity contribution in [3.8, 4) is 0 Å². The molecule has 0 amide bonds. The van der Waals surface area contributed by atoms with Gasteiger partial charge in [0, 0.05) is 22.1 Å². The molecule has 4 heteroatoms. The number of aromatic nitrogens is 1. The van der Waals surface area contributed by atoms with Crippen molar-refractivity contribution < 1.29 is 0 Å². The highest BCUT2D eigenvalue weighted by Gasteiger charge is 2.04. The summed E-state index contributed by atoms with van der Waals surface area (Å²) in [5, 5.41) is 1.03. The van der Waals surface area contributed by atoms with Crippen LogP contribution in [0.3, 0.4) is 0 Å². The van der Waals surface area contributed by atoms with Gasteiger partial charge < -0.3 is 5.73 Å². The Labute approximate surface area is 114 Å². The molecule has 0 bridgehead atoms. The molecule has 2 aromatic rings. The van der Waals surface area contributed by atoms with Gasteiger partial charge in [0.05, 0.1) is 0 Å². The van der Waals surface area contributed by atoms with E-state index in [-0.39, 0.29) is 0 Å². The maximum absolute atomic E-state index is 5.59. The van der Waals surface area contributed by atoms with Gasteiger partial charge in [0.25, 0.3) is 0 Å². The van der Waals surface area contributed by atoms with E-state index in [1.165, 1.54) is 4.90 Å². The number of halogens is 1. The van der Waals surface area contributed by atoms with Gasteiger partial charge in [-0.25, -0.2) is 4.98 Å². The molecule has 2 nitrogen and oxygen atoms in total. The summed E-state index contributed by atoms with van der Waals surface area (Å²) in [6.45, 7) is 2.60. The monoisotopic (exact) mass is 308 g/mol. The lowest BCUT2D eigenvalue weighted by molar-refractivity contribution is 0.988. The van der Waals surface area contributed by atoms with E-state index in [4.69, 9.17) is 5.73 Å². The number of aryl methyl sites for hydroxylation is 1. The topological polar surface area (TPSA) is 38.9 Å². The fraction of sp³-hybridized carbons (Fsp3) is 0.154. The largest absolute Gasteiger partial charge is 0.326 e. The number of hydrogen-bond acceptors (Lipinski definition) is 3. The molecule has 1 heterocycles. The highest BCUT2D eigenvalue weighted by molar-refractivity contribution is 9.10. The number of benzene rings is 1. The van der Waals surface area contributed by atoms with Gasteiger partial charge in [-0.3, -0.25) is 0 Å². The summed E-state index contributed by atoms with van der Waals surface area (Å²) in [5.41, 5.74) is 7.82. The number of hydrogen-bond donors (Lipinski definition) is 1.